The van der Waals surface area contributed by atoms with Crippen LogP contribution in [0.2, 0.25) is 0 Å². The van der Waals surface area contributed by atoms with Gasteiger partial charge in [0.2, 0.25) is 0 Å². The quantitative estimate of drug-likeness (QED) is 0.755. The molecule has 0 saturated heterocycles. The smallest absolute Gasteiger partial charge is 0.138 e. The minimum absolute atomic E-state index is 0.252. The molecule has 0 saturated carbocycles. The van der Waals surface area contributed by atoms with Crippen molar-refractivity contribution >= 4 is 0 Å². The summed E-state index contributed by atoms with van der Waals surface area (Å²) >= 11 is 0. The van der Waals surface area contributed by atoms with Crippen molar-refractivity contribution < 1.29 is 0 Å². The number of hydrogen-bond donors (Lipinski definition) is 1. The number of aryl methyl sites for hydroxylation is 1. The monoisotopic (exact) mass is 206 g/mol. The van der Waals surface area contributed by atoms with Crippen molar-refractivity contribution in [3.8, 4) is 0 Å². The lowest BCUT2D eigenvalue weighted by molar-refractivity contribution is 0.573. The molecule has 0 radical (unpaired) electrons. The Kier molecular flexibility index (Phi) is 3.16. The average Bonchev–Trinajstić information content (AvgIpc) is 2.78. The molecule has 0 aromatic carbocycles. The molecular formula is C11H18N4. The van der Waals surface area contributed by atoms with E-state index < -0.39 is 0 Å². The fraction of sp³-hybridized carbons (Fsp3) is 0.636. The van der Waals surface area contributed by atoms with Crippen molar-refractivity contribution in [2.45, 2.75) is 45.2 Å². The van der Waals surface area contributed by atoms with Crippen LogP contribution in [0.4, 0.5) is 0 Å². The van der Waals surface area contributed by atoms with E-state index in [1.54, 1.807) is 6.33 Å². The summed E-state index contributed by atoms with van der Waals surface area (Å²) in [4.78, 5) is 4.29. The Morgan fingerprint density at radius 2 is 2.47 bits per heavy atom. The molecule has 1 aliphatic rings. The normalized spacial score (nSPS) is 20.7. The van der Waals surface area contributed by atoms with E-state index in [0.29, 0.717) is 0 Å². The molecule has 15 heavy (non-hydrogen) atoms. The van der Waals surface area contributed by atoms with Crippen LogP contribution in [-0.4, -0.2) is 20.8 Å². The first-order chi connectivity index (χ1) is 7.29. The maximum Gasteiger partial charge on any atom is 0.138 e. The number of rotatable bonds is 4. The van der Waals surface area contributed by atoms with Gasteiger partial charge in [-0.25, -0.2) is 9.67 Å². The van der Waals surface area contributed by atoms with Crippen LogP contribution in [0.5, 0.6) is 0 Å². The standard InChI is InChI=1S/C11H18N4/c1-2-5-15-11(13-8-14-15)7-9-3-4-10(12)6-9/h6,8,10H,2-5,7,12H2,1H3. The van der Waals surface area contributed by atoms with E-state index in [2.05, 4.69) is 23.1 Å². The third-order valence-electron chi connectivity index (χ3n) is 2.76. The maximum atomic E-state index is 5.83. The summed E-state index contributed by atoms with van der Waals surface area (Å²) in [6, 6.07) is 0.252. The van der Waals surface area contributed by atoms with E-state index in [1.807, 2.05) is 4.68 Å². The minimum Gasteiger partial charge on any atom is -0.324 e. The fourth-order valence-electron chi connectivity index (χ4n) is 2.00. The summed E-state index contributed by atoms with van der Waals surface area (Å²) in [7, 11) is 0. The van der Waals surface area contributed by atoms with E-state index in [0.717, 1.165) is 38.1 Å². The Labute approximate surface area is 90.2 Å². The zero-order chi connectivity index (χ0) is 10.7. The van der Waals surface area contributed by atoms with Crippen molar-refractivity contribution in [2.75, 3.05) is 0 Å². The van der Waals surface area contributed by atoms with Gasteiger partial charge in [-0.15, -0.1) is 0 Å². The third kappa shape index (κ3) is 2.45. The predicted octanol–water partition coefficient (Wildman–Crippen LogP) is 1.28. The first-order valence-electron chi connectivity index (χ1n) is 5.61. The molecule has 1 aliphatic carbocycles. The molecule has 4 nitrogen and oxygen atoms in total. The summed E-state index contributed by atoms with van der Waals surface area (Å²) in [6.07, 6.45) is 8.01. The van der Waals surface area contributed by atoms with E-state index in [-0.39, 0.29) is 6.04 Å². The minimum atomic E-state index is 0.252. The lowest BCUT2D eigenvalue weighted by atomic mass is 10.1. The second-order valence-corrected chi connectivity index (χ2v) is 4.10. The van der Waals surface area contributed by atoms with Crippen molar-refractivity contribution in [3.05, 3.63) is 23.8 Å². The van der Waals surface area contributed by atoms with Crippen LogP contribution in [0.3, 0.4) is 0 Å². The van der Waals surface area contributed by atoms with Crippen LogP contribution in [-0.2, 0) is 13.0 Å². The Hall–Kier alpha value is -1.16. The van der Waals surface area contributed by atoms with Gasteiger partial charge in [-0.05, 0) is 19.3 Å². The molecule has 1 unspecified atom stereocenters. The van der Waals surface area contributed by atoms with Gasteiger partial charge in [-0.1, -0.05) is 18.6 Å². The molecule has 0 amide bonds. The number of allylic oxidation sites excluding steroid dienone is 1. The summed E-state index contributed by atoms with van der Waals surface area (Å²) in [5, 5.41) is 4.21. The Morgan fingerprint density at radius 1 is 1.60 bits per heavy atom. The van der Waals surface area contributed by atoms with E-state index in [1.165, 1.54) is 5.57 Å². The second-order valence-electron chi connectivity index (χ2n) is 4.10. The van der Waals surface area contributed by atoms with Gasteiger partial charge in [-0.2, -0.15) is 5.10 Å². The highest BCUT2D eigenvalue weighted by Crippen LogP contribution is 2.20. The second kappa shape index (κ2) is 4.57. The largest absolute Gasteiger partial charge is 0.324 e. The molecule has 2 rings (SSSR count). The molecule has 1 atom stereocenters. The molecule has 0 aliphatic heterocycles. The molecule has 0 fully saturated rings. The van der Waals surface area contributed by atoms with E-state index in [4.69, 9.17) is 5.73 Å². The Morgan fingerprint density at radius 3 is 3.13 bits per heavy atom. The lowest BCUT2D eigenvalue weighted by Crippen LogP contribution is -2.11. The predicted molar refractivity (Wildman–Crippen MR) is 59.3 cm³/mol. The van der Waals surface area contributed by atoms with Gasteiger partial charge in [0.15, 0.2) is 0 Å². The van der Waals surface area contributed by atoms with Crippen molar-refractivity contribution in [3.63, 3.8) is 0 Å². The number of nitrogens with zero attached hydrogens (tertiary/aromatic N) is 3. The number of hydrogen-bond acceptors (Lipinski definition) is 3. The van der Waals surface area contributed by atoms with Crippen molar-refractivity contribution in [1.82, 2.24) is 14.8 Å². The SMILES string of the molecule is CCCn1ncnc1CC1=CC(N)CC1. The highest BCUT2D eigenvalue weighted by molar-refractivity contribution is 5.17. The van der Waals surface area contributed by atoms with E-state index in [9.17, 15) is 0 Å². The molecule has 0 bridgehead atoms. The first-order valence-corrected chi connectivity index (χ1v) is 5.61. The summed E-state index contributed by atoms with van der Waals surface area (Å²) in [5.74, 6) is 1.07. The van der Waals surface area contributed by atoms with Crippen LogP contribution in [0, 0.1) is 0 Å². The Bertz CT molecular complexity index is 353. The molecule has 82 valence electrons. The summed E-state index contributed by atoms with van der Waals surface area (Å²) < 4.78 is 1.99. The molecule has 1 aromatic heterocycles. The number of aromatic nitrogens is 3. The molecule has 1 aromatic rings. The highest BCUT2D eigenvalue weighted by Gasteiger charge is 2.14. The summed E-state index contributed by atoms with van der Waals surface area (Å²) in [6.45, 7) is 3.10. The van der Waals surface area contributed by atoms with Gasteiger partial charge in [0.1, 0.15) is 12.2 Å². The van der Waals surface area contributed by atoms with Gasteiger partial charge < -0.3 is 5.73 Å². The third-order valence-corrected chi connectivity index (χ3v) is 2.76. The van der Waals surface area contributed by atoms with Crippen molar-refractivity contribution in [1.29, 1.82) is 0 Å². The van der Waals surface area contributed by atoms with Crippen LogP contribution in [0.1, 0.15) is 32.0 Å². The van der Waals surface area contributed by atoms with Gasteiger partial charge >= 0.3 is 0 Å². The molecule has 2 N–H and O–H groups in total. The maximum absolute atomic E-state index is 5.83. The van der Waals surface area contributed by atoms with Gasteiger partial charge in [0, 0.05) is 19.0 Å². The summed E-state index contributed by atoms with van der Waals surface area (Å²) in [5.41, 5.74) is 7.24. The van der Waals surface area contributed by atoms with Crippen LogP contribution in [0.15, 0.2) is 18.0 Å². The zero-order valence-corrected chi connectivity index (χ0v) is 9.19. The highest BCUT2D eigenvalue weighted by atomic mass is 15.3. The van der Waals surface area contributed by atoms with Crippen LogP contribution in [0.25, 0.3) is 0 Å². The Balaban J connectivity index is 2.04. The topological polar surface area (TPSA) is 56.7 Å². The molecule has 0 spiro atoms. The lowest BCUT2D eigenvalue weighted by Gasteiger charge is -2.04. The first kappa shape index (κ1) is 10.4. The number of nitrogens with two attached hydrogens (primary N) is 1. The van der Waals surface area contributed by atoms with Crippen LogP contribution >= 0.6 is 0 Å². The van der Waals surface area contributed by atoms with Gasteiger partial charge in [-0.3, -0.25) is 0 Å². The molecular weight excluding hydrogens is 188 g/mol. The zero-order valence-electron chi connectivity index (χ0n) is 9.19. The van der Waals surface area contributed by atoms with Crippen LogP contribution < -0.4 is 5.73 Å². The van der Waals surface area contributed by atoms with Gasteiger partial charge in [0.25, 0.3) is 0 Å². The average molecular weight is 206 g/mol. The molecule has 4 heteroatoms. The molecule has 1 heterocycles. The van der Waals surface area contributed by atoms with Gasteiger partial charge in [0.05, 0.1) is 0 Å². The fourth-order valence-corrected chi connectivity index (χ4v) is 2.00. The van der Waals surface area contributed by atoms with E-state index >= 15 is 0 Å². The van der Waals surface area contributed by atoms with Crippen molar-refractivity contribution in [2.24, 2.45) is 5.73 Å².